The van der Waals surface area contributed by atoms with Gasteiger partial charge in [-0.15, -0.1) is 0 Å². The number of H-pyrrole nitrogens is 1. The topological polar surface area (TPSA) is 75.3 Å². The first-order valence-corrected chi connectivity index (χ1v) is 6.82. The molecule has 0 spiro atoms. The molecule has 0 aliphatic carbocycles. The number of nitrogens with zero attached hydrogens (tertiary/aromatic N) is 2. The Balaban J connectivity index is 2.32. The lowest BCUT2D eigenvalue weighted by Crippen LogP contribution is -2.31. The number of hydrogen-bond acceptors (Lipinski definition) is 5. The first-order valence-electron chi connectivity index (χ1n) is 6.82. The Hall–Kier alpha value is -2.21. The van der Waals surface area contributed by atoms with E-state index in [1.54, 1.807) is 6.07 Å². The summed E-state index contributed by atoms with van der Waals surface area (Å²) in [6.07, 6.45) is 0. The number of nitrogens with one attached hydrogen (secondary N) is 1. The van der Waals surface area contributed by atoms with Crippen LogP contribution in [0.5, 0.6) is 0 Å². The van der Waals surface area contributed by atoms with Crippen LogP contribution in [-0.4, -0.2) is 41.0 Å². The maximum absolute atomic E-state index is 12.1. The molecular formula is C15H19N3O3. The lowest BCUT2D eigenvalue weighted by molar-refractivity contribution is -0.142. The Morgan fingerprint density at radius 3 is 2.86 bits per heavy atom. The zero-order valence-electron chi connectivity index (χ0n) is 12.5. The average molecular weight is 289 g/mol. The number of esters is 1. The molecule has 1 aromatic heterocycles. The van der Waals surface area contributed by atoms with E-state index in [1.165, 1.54) is 7.11 Å². The van der Waals surface area contributed by atoms with E-state index in [0.717, 1.165) is 5.56 Å². The molecule has 0 atom stereocenters. The van der Waals surface area contributed by atoms with Crippen LogP contribution in [0, 0.1) is 6.92 Å². The van der Waals surface area contributed by atoms with Crippen LogP contribution in [0.1, 0.15) is 18.3 Å². The van der Waals surface area contributed by atoms with Crippen LogP contribution >= 0.6 is 0 Å². The molecular weight excluding hydrogens is 270 g/mol. The average Bonchev–Trinajstić information content (AvgIpc) is 2.47. The third kappa shape index (κ3) is 3.46. The van der Waals surface area contributed by atoms with Crippen LogP contribution in [-0.2, 0) is 16.1 Å². The minimum Gasteiger partial charge on any atom is -0.468 e. The second-order valence-electron chi connectivity index (χ2n) is 4.86. The molecule has 1 N–H and O–H groups in total. The second kappa shape index (κ2) is 6.49. The van der Waals surface area contributed by atoms with Gasteiger partial charge >= 0.3 is 5.97 Å². The summed E-state index contributed by atoms with van der Waals surface area (Å²) < 4.78 is 4.66. The van der Waals surface area contributed by atoms with E-state index in [-0.39, 0.29) is 18.1 Å². The van der Waals surface area contributed by atoms with Gasteiger partial charge in [-0.05, 0) is 25.1 Å². The van der Waals surface area contributed by atoms with Gasteiger partial charge in [-0.3, -0.25) is 14.5 Å². The van der Waals surface area contributed by atoms with Crippen molar-refractivity contribution in [3.63, 3.8) is 0 Å². The van der Waals surface area contributed by atoms with Gasteiger partial charge in [0.05, 0.1) is 31.1 Å². The van der Waals surface area contributed by atoms with Crippen LogP contribution in [0.3, 0.4) is 0 Å². The molecule has 2 aromatic rings. The van der Waals surface area contributed by atoms with Gasteiger partial charge in [0, 0.05) is 0 Å². The van der Waals surface area contributed by atoms with E-state index >= 15 is 0 Å². The van der Waals surface area contributed by atoms with Crippen molar-refractivity contribution in [1.29, 1.82) is 0 Å². The van der Waals surface area contributed by atoms with Crippen molar-refractivity contribution in [2.24, 2.45) is 0 Å². The fraction of sp³-hybridized carbons (Fsp3) is 0.400. The van der Waals surface area contributed by atoms with Crippen molar-refractivity contribution >= 4 is 16.9 Å². The number of ether oxygens (including phenoxy) is 1. The molecule has 21 heavy (non-hydrogen) atoms. The maximum Gasteiger partial charge on any atom is 0.319 e. The van der Waals surface area contributed by atoms with Crippen LogP contribution < -0.4 is 5.56 Å². The Labute approximate surface area is 122 Å². The lowest BCUT2D eigenvalue weighted by Gasteiger charge is -2.18. The third-order valence-electron chi connectivity index (χ3n) is 3.39. The highest BCUT2D eigenvalue weighted by molar-refractivity contribution is 5.80. The molecule has 0 saturated heterocycles. The number of likely N-dealkylation sites (N-methyl/N-ethyl adjacent to an activating group) is 1. The van der Waals surface area contributed by atoms with E-state index in [0.29, 0.717) is 29.8 Å². The number of aromatic nitrogens is 2. The van der Waals surface area contributed by atoms with Crippen molar-refractivity contribution in [3.05, 3.63) is 39.9 Å². The number of fused-ring (bicyclic) bond motifs is 1. The number of carbonyl (C=O) groups is 1. The van der Waals surface area contributed by atoms with Gasteiger partial charge in [0.1, 0.15) is 5.82 Å². The zero-order valence-corrected chi connectivity index (χ0v) is 12.5. The van der Waals surface area contributed by atoms with E-state index in [9.17, 15) is 9.59 Å². The molecule has 0 unspecified atom stereocenters. The molecule has 0 aliphatic rings. The van der Waals surface area contributed by atoms with E-state index < -0.39 is 0 Å². The Morgan fingerprint density at radius 2 is 2.19 bits per heavy atom. The highest BCUT2D eigenvalue weighted by Crippen LogP contribution is 2.12. The van der Waals surface area contributed by atoms with Gasteiger partial charge in [0.25, 0.3) is 5.56 Å². The van der Waals surface area contributed by atoms with Gasteiger partial charge in [-0.25, -0.2) is 4.98 Å². The van der Waals surface area contributed by atoms with Gasteiger partial charge in [0.2, 0.25) is 0 Å². The summed E-state index contributed by atoms with van der Waals surface area (Å²) in [6, 6.07) is 5.51. The molecule has 0 saturated carbocycles. The molecule has 1 heterocycles. The summed E-state index contributed by atoms with van der Waals surface area (Å²) in [6.45, 7) is 5.08. The van der Waals surface area contributed by atoms with Crippen LogP contribution in [0.25, 0.3) is 10.9 Å². The largest absolute Gasteiger partial charge is 0.468 e. The number of benzene rings is 1. The number of hydrogen-bond donors (Lipinski definition) is 1. The molecule has 112 valence electrons. The number of aromatic amines is 1. The van der Waals surface area contributed by atoms with Crippen LogP contribution in [0.2, 0.25) is 0 Å². The number of carbonyl (C=O) groups excluding carboxylic acids is 1. The van der Waals surface area contributed by atoms with Crippen molar-refractivity contribution in [3.8, 4) is 0 Å². The molecule has 0 fully saturated rings. The smallest absolute Gasteiger partial charge is 0.319 e. The third-order valence-corrected chi connectivity index (χ3v) is 3.39. The molecule has 0 radical (unpaired) electrons. The van der Waals surface area contributed by atoms with Gasteiger partial charge in [0.15, 0.2) is 0 Å². The van der Waals surface area contributed by atoms with Gasteiger partial charge < -0.3 is 9.72 Å². The first kappa shape index (κ1) is 15.2. The maximum atomic E-state index is 12.1. The lowest BCUT2D eigenvalue weighted by atomic mass is 10.1. The molecule has 0 amide bonds. The highest BCUT2D eigenvalue weighted by Gasteiger charge is 2.12. The predicted molar refractivity (Wildman–Crippen MR) is 80.1 cm³/mol. The highest BCUT2D eigenvalue weighted by atomic mass is 16.5. The molecule has 6 nitrogen and oxygen atoms in total. The Kier molecular flexibility index (Phi) is 4.70. The number of methoxy groups -OCH3 is 1. The molecule has 0 bridgehead atoms. The van der Waals surface area contributed by atoms with Crippen LogP contribution in [0.15, 0.2) is 23.0 Å². The zero-order chi connectivity index (χ0) is 15.4. The van der Waals surface area contributed by atoms with Crippen molar-refractivity contribution in [2.45, 2.75) is 20.4 Å². The van der Waals surface area contributed by atoms with Crippen molar-refractivity contribution in [2.75, 3.05) is 20.2 Å². The summed E-state index contributed by atoms with van der Waals surface area (Å²) in [5, 5.41) is 0.578. The van der Waals surface area contributed by atoms with Crippen molar-refractivity contribution in [1.82, 2.24) is 14.9 Å². The Bertz CT molecular complexity index is 709. The second-order valence-corrected chi connectivity index (χ2v) is 4.86. The summed E-state index contributed by atoms with van der Waals surface area (Å²) in [5.41, 5.74) is 1.49. The van der Waals surface area contributed by atoms with E-state index in [1.807, 2.05) is 30.9 Å². The molecule has 6 heteroatoms. The van der Waals surface area contributed by atoms with Crippen LogP contribution in [0.4, 0.5) is 0 Å². The molecule has 0 aliphatic heterocycles. The normalized spacial score (nSPS) is 11.0. The summed E-state index contributed by atoms with van der Waals surface area (Å²) in [5.74, 6) is 0.240. The van der Waals surface area contributed by atoms with E-state index in [4.69, 9.17) is 0 Å². The first-order chi connectivity index (χ1) is 10.0. The summed E-state index contributed by atoms with van der Waals surface area (Å²) in [4.78, 5) is 32.6. The Morgan fingerprint density at radius 1 is 1.43 bits per heavy atom. The van der Waals surface area contributed by atoms with Gasteiger partial charge in [-0.2, -0.15) is 0 Å². The summed E-state index contributed by atoms with van der Waals surface area (Å²) in [7, 11) is 1.36. The predicted octanol–water partition coefficient (Wildman–Crippen LogP) is 1.23. The van der Waals surface area contributed by atoms with Crippen molar-refractivity contribution < 1.29 is 9.53 Å². The quantitative estimate of drug-likeness (QED) is 0.838. The SMILES string of the molecule is CCN(CC(=O)OC)Cc1nc2c(C)cccc2c(=O)[nH]1. The fourth-order valence-corrected chi connectivity index (χ4v) is 2.17. The fourth-order valence-electron chi connectivity index (χ4n) is 2.17. The van der Waals surface area contributed by atoms with E-state index in [2.05, 4.69) is 14.7 Å². The van der Waals surface area contributed by atoms with Gasteiger partial charge in [-0.1, -0.05) is 19.1 Å². The molecule has 2 rings (SSSR count). The minimum absolute atomic E-state index is 0.159. The monoisotopic (exact) mass is 289 g/mol. The minimum atomic E-state index is -0.309. The number of rotatable bonds is 5. The number of aryl methyl sites for hydroxylation is 1. The molecule has 1 aromatic carbocycles. The standard InChI is InChI=1S/C15H19N3O3/c1-4-18(9-13(19)21-3)8-12-16-14-10(2)6-5-7-11(14)15(20)17-12/h5-7H,4,8-9H2,1-3H3,(H,16,17,20). The summed E-state index contributed by atoms with van der Waals surface area (Å²) >= 11 is 0. The number of para-hydroxylation sites is 1.